The summed E-state index contributed by atoms with van der Waals surface area (Å²) in [6.45, 7) is 25.4. The second kappa shape index (κ2) is 15.7. The van der Waals surface area contributed by atoms with E-state index in [9.17, 15) is 19.8 Å². The largest absolute Gasteiger partial charge is 0.490 e. The quantitative estimate of drug-likeness (QED) is 0.169. The molecule has 0 spiro atoms. The summed E-state index contributed by atoms with van der Waals surface area (Å²) < 4.78 is 38.6. The lowest BCUT2D eigenvalue weighted by atomic mass is 9.84. The van der Waals surface area contributed by atoms with Crippen LogP contribution in [0.1, 0.15) is 123 Å². The van der Waals surface area contributed by atoms with Gasteiger partial charge in [-0.1, -0.05) is 61.6 Å². The molecule has 6 aliphatic rings. The fraction of sp³-hybridized carbons (Fsp3) is 0.407. The van der Waals surface area contributed by atoms with Gasteiger partial charge >= 0.3 is 0 Å². The molecular weight excluding hydrogens is 865 g/mol. The first kappa shape index (κ1) is 43.9. The minimum absolute atomic E-state index is 0.111. The molecule has 0 saturated heterocycles. The van der Waals surface area contributed by atoms with Crippen molar-refractivity contribution in [1.82, 2.24) is 19.1 Å². The van der Waals surface area contributed by atoms with Crippen molar-refractivity contribution in [3.8, 4) is 45.8 Å². The number of ether oxygens (including phenoxy) is 6. The van der Waals surface area contributed by atoms with Crippen LogP contribution >= 0.6 is 0 Å². The van der Waals surface area contributed by atoms with Crippen LogP contribution in [0.2, 0.25) is 0 Å². The zero-order chi connectivity index (χ0) is 47.7. The lowest BCUT2D eigenvalue weighted by molar-refractivity contribution is -0.0173. The Balaban J connectivity index is 0.000000149. The van der Waals surface area contributed by atoms with Crippen molar-refractivity contribution in [2.24, 2.45) is 0 Å². The van der Waals surface area contributed by atoms with Gasteiger partial charge in [-0.25, -0.2) is 9.97 Å². The third-order valence-electron chi connectivity index (χ3n) is 14.8. The van der Waals surface area contributed by atoms with E-state index >= 15 is 0 Å². The van der Waals surface area contributed by atoms with Crippen LogP contribution in [0.4, 0.5) is 0 Å². The Morgan fingerprint density at radius 3 is 1.68 bits per heavy atom. The van der Waals surface area contributed by atoms with Crippen molar-refractivity contribution >= 4 is 21.8 Å². The summed E-state index contributed by atoms with van der Waals surface area (Å²) in [5.41, 5.74) is 9.03. The first-order valence-corrected chi connectivity index (χ1v) is 23.8. The third-order valence-corrected chi connectivity index (χ3v) is 14.8. The van der Waals surface area contributed by atoms with E-state index in [0.29, 0.717) is 86.1 Å². The van der Waals surface area contributed by atoms with Gasteiger partial charge in [0.1, 0.15) is 62.4 Å². The van der Waals surface area contributed by atoms with Crippen LogP contribution in [0, 0.1) is 0 Å². The normalized spacial score (nSPS) is 20.2. The number of hydrogen-bond donors (Lipinski definition) is 2. The van der Waals surface area contributed by atoms with Crippen LogP contribution in [0.15, 0.2) is 64.6 Å². The molecule has 10 heterocycles. The van der Waals surface area contributed by atoms with Crippen LogP contribution in [-0.4, -0.2) is 55.7 Å². The number of benzene rings is 2. The predicted molar refractivity (Wildman–Crippen MR) is 257 cm³/mol. The first-order valence-electron chi connectivity index (χ1n) is 23.8. The van der Waals surface area contributed by atoms with Gasteiger partial charge in [0.15, 0.2) is 23.0 Å². The van der Waals surface area contributed by atoms with E-state index in [4.69, 9.17) is 38.4 Å². The molecule has 0 bridgehead atoms. The zero-order valence-corrected chi connectivity index (χ0v) is 39.7. The molecule has 2 N–H and O–H groups in total. The van der Waals surface area contributed by atoms with Gasteiger partial charge in [-0.05, 0) is 54.9 Å². The molecule has 12 rings (SSSR count). The summed E-state index contributed by atoms with van der Waals surface area (Å²) in [7, 11) is 0. The van der Waals surface area contributed by atoms with Gasteiger partial charge < -0.3 is 47.8 Å². The van der Waals surface area contributed by atoms with Crippen LogP contribution in [0.3, 0.4) is 0 Å². The molecule has 68 heavy (non-hydrogen) atoms. The molecule has 0 aliphatic carbocycles. The Kier molecular flexibility index (Phi) is 10.1. The van der Waals surface area contributed by atoms with E-state index in [1.54, 1.807) is 9.13 Å². The van der Waals surface area contributed by atoms with E-state index in [2.05, 4.69) is 53.8 Å². The van der Waals surface area contributed by atoms with Crippen LogP contribution < -0.4 is 30.1 Å². The van der Waals surface area contributed by atoms with Crippen molar-refractivity contribution in [2.45, 2.75) is 117 Å². The Hall–Kier alpha value is -6.64. The standard InChI is InChI=1S/C28H30N2O5.C26H26N2O5/c1-6-16-17-12-30-21(10-19-18(27(30)31)13-35-15(5)28(19,32)7-2)25(17)29-20-11-22-26(34-9-8-33-22)23(14(3)4)24(16)20;1-5-26(30)14(4)33-12-17-18(26)9-20-23-15(11-28(20)25(17)29)8-16-19(27-23)10-21-24(22(16)13(2)3)32-7-6-31-21/h10-11,14,32H,5-9,12-13H2,1-4H3;8-10,13,30H,4-7,11-12H2,1-3H3/t28-;26-/m11/s1. The van der Waals surface area contributed by atoms with Crippen molar-refractivity contribution < 1.29 is 38.6 Å². The fourth-order valence-electron chi connectivity index (χ4n) is 11.3. The molecule has 0 fully saturated rings. The fourth-order valence-corrected chi connectivity index (χ4v) is 11.3. The number of nitrogens with zero attached hydrogens (tertiary/aromatic N) is 4. The van der Waals surface area contributed by atoms with Gasteiger partial charge in [0, 0.05) is 56.3 Å². The third kappa shape index (κ3) is 6.15. The van der Waals surface area contributed by atoms with E-state index in [1.807, 2.05) is 38.1 Å². The molecule has 352 valence electrons. The highest BCUT2D eigenvalue weighted by atomic mass is 16.6. The average Bonchev–Trinajstić information content (AvgIpc) is 3.89. The van der Waals surface area contributed by atoms with Gasteiger partial charge in [-0.3, -0.25) is 9.59 Å². The Morgan fingerprint density at radius 2 is 1.13 bits per heavy atom. The topological polar surface area (TPSA) is 166 Å². The maximum atomic E-state index is 13.6. The Labute approximate surface area is 393 Å². The lowest BCUT2D eigenvalue weighted by Gasteiger charge is -2.35. The SMILES string of the molecule is C=C1OCc2c(cc3n(c2=O)Cc2c-3nc3cc4c(c(C(C)C)c3c2CC)OCCO4)[C@@]1(O)CC.C=C1OCc2c(cc3n(c2=O)Cc2cc4c(C(C)C)c5c(cc4nc2-3)OCCO5)[C@@]1(O)CC. The second-order valence-electron chi connectivity index (χ2n) is 19.1. The average molecular weight is 921 g/mol. The molecule has 0 amide bonds. The zero-order valence-electron chi connectivity index (χ0n) is 39.7. The molecule has 4 aromatic heterocycles. The molecule has 6 aromatic rings. The highest BCUT2D eigenvalue weighted by Crippen LogP contribution is 2.49. The van der Waals surface area contributed by atoms with Crippen LogP contribution in [-0.2, 0) is 53.4 Å². The summed E-state index contributed by atoms with van der Waals surface area (Å²) in [6.07, 6.45) is 1.52. The minimum atomic E-state index is -1.40. The lowest BCUT2D eigenvalue weighted by Crippen LogP contribution is -2.38. The van der Waals surface area contributed by atoms with E-state index < -0.39 is 11.2 Å². The van der Waals surface area contributed by atoms with Crippen LogP contribution in [0.25, 0.3) is 44.6 Å². The number of aliphatic hydroxyl groups is 2. The molecule has 14 heteroatoms. The van der Waals surface area contributed by atoms with E-state index in [1.165, 1.54) is 5.56 Å². The molecule has 2 atom stereocenters. The second-order valence-corrected chi connectivity index (χ2v) is 19.1. The first-order chi connectivity index (χ1) is 32.6. The summed E-state index contributed by atoms with van der Waals surface area (Å²) in [6, 6.07) is 9.82. The van der Waals surface area contributed by atoms with Crippen molar-refractivity contribution in [3.63, 3.8) is 0 Å². The van der Waals surface area contributed by atoms with Gasteiger partial charge in [-0.15, -0.1) is 0 Å². The van der Waals surface area contributed by atoms with Gasteiger partial charge in [0.2, 0.25) is 0 Å². The maximum absolute atomic E-state index is 13.6. The summed E-state index contributed by atoms with van der Waals surface area (Å²) in [5.74, 6) is 4.00. The number of aryl methyl sites for hydroxylation is 1. The summed E-state index contributed by atoms with van der Waals surface area (Å²) in [5, 5.41) is 24.8. The van der Waals surface area contributed by atoms with Gasteiger partial charge in [-0.2, -0.15) is 0 Å². The van der Waals surface area contributed by atoms with Crippen LogP contribution in [0.5, 0.6) is 23.0 Å². The molecule has 6 aliphatic heterocycles. The predicted octanol–water partition coefficient (Wildman–Crippen LogP) is 8.49. The highest BCUT2D eigenvalue weighted by Gasteiger charge is 2.43. The van der Waals surface area contributed by atoms with Gasteiger partial charge in [0.05, 0.1) is 58.0 Å². The number of pyridine rings is 4. The molecule has 0 radical (unpaired) electrons. The minimum Gasteiger partial charge on any atom is -0.490 e. The van der Waals surface area contributed by atoms with Crippen molar-refractivity contribution in [3.05, 3.63) is 126 Å². The maximum Gasteiger partial charge on any atom is 0.258 e. The van der Waals surface area contributed by atoms with Crippen molar-refractivity contribution in [1.29, 1.82) is 0 Å². The Morgan fingerprint density at radius 1 is 0.632 bits per heavy atom. The van der Waals surface area contributed by atoms with E-state index in [0.717, 1.165) is 84.8 Å². The number of rotatable bonds is 5. The molecular formula is C54H56N4O10. The highest BCUT2D eigenvalue weighted by molar-refractivity contribution is 5.95. The molecule has 0 saturated carbocycles. The van der Waals surface area contributed by atoms with E-state index in [-0.39, 0.29) is 47.7 Å². The summed E-state index contributed by atoms with van der Waals surface area (Å²) in [4.78, 5) is 37.2. The molecule has 2 aromatic carbocycles. The van der Waals surface area contributed by atoms with Crippen molar-refractivity contribution in [2.75, 3.05) is 26.4 Å². The number of hydrogen-bond acceptors (Lipinski definition) is 12. The smallest absolute Gasteiger partial charge is 0.258 e. The number of fused-ring (bicyclic) bond motifs is 12. The summed E-state index contributed by atoms with van der Waals surface area (Å²) >= 11 is 0. The Bertz CT molecular complexity index is 3350. The number of aromatic nitrogens is 4. The molecule has 0 unspecified atom stereocenters. The monoisotopic (exact) mass is 920 g/mol. The van der Waals surface area contributed by atoms with Gasteiger partial charge in [0.25, 0.3) is 11.1 Å². The molecule has 14 nitrogen and oxygen atoms in total.